The Kier molecular flexibility index (Phi) is 5.50. The number of carboxylic acid groups (broad SMARTS) is 1. The van der Waals surface area contributed by atoms with Crippen molar-refractivity contribution in [3.8, 4) is 16.2 Å². The molecule has 4 N–H and O–H groups in total. The van der Waals surface area contributed by atoms with Crippen LogP contribution in [0.15, 0.2) is 60.9 Å². The number of nitrogens with one attached hydrogen (secondary N) is 2. The fraction of sp³-hybridized carbons (Fsp3) is 0.0909. The second kappa shape index (κ2) is 8.41. The summed E-state index contributed by atoms with van der Waals surface area (Å²) in [4.78, 5) is 32.7. The zero-order valence-corrected chi connectivity index (χ0v) is 17.2. The molecule has 0 radical (unpaired) electrons. The highest BCUT2D eigenvalue weighted by atomic mass is 32.1. The molecule has 0 spiro atoms. The van der Waals surface area contributed by atoms with Crippen LogP contribution in [0.3, 0.4) is 0 Å². The van der Waals surface area contributed by atoms with Crippen LogP contribution in [0, 0.1) is 0 Å². The van der Waals surface area contributed by atoms with Gasteiger partial charge in [-0.25, -0.2) is 9.97 Å². The Morgan fingerprint density at radius 2 is 1.84 bits per heavy atom. The van der Waals surface area contributed by atoms with E-state index in [4.69, 9.17) is 5.11 Å². The molecule has 1 atom stereocenters. The molecule has 0 aliphatic rings. The molecule has 0 fully saturated rings. The Balaban J connectivity index is 1.59. The van der Waals surface area contributed by atoms with Crippen molar-refractivity contribution >= 4 is 44.9 Å². The SMILES string of the molecule is CC(NC(=O)c1ccc(-c2cc3ncnc(Nc4cccc(O)c4)c3s2)cc1)C(=O)O. The number of aliphatic carboxylic acids is 1. The van der Waals surface area contributed by atoms with E-state index in [1.165, 1.54) is 24.6 Å². The molecule has 0 aliphatic carbocycles. The van der Waals surface area contributed by atoms with Crippen LogP contribution in [0.1, 0.15) is 17.3 Å². The van der Waals surface area contributed by atoms with Crippen LogP contribution in [0.2, 0.25) is 0 Å². The van der Waals surface area contributed by atoms with Crippen molar-refractivity contribution in [2.45, 2.75) is 13.0 Å². The molecule has 1 unspecified atom stereocenters. The summed E-state index contributed by atoms with van der Waals surface area (Å²) < 4.78 is 0.859. The van der Waals surface area contributed by atoms with E-state index in [1.807, 2.05) is 12.1 Å². The minimum atomic E-state index is -1.09. The molecule has 2 aromatic carbocycles. The first kappa shape index (κ1) is 20.3. The van der Waals surface area contributed by atoms with Gasteiger partial charge in [0.2, 0.25) is 0 Å². The number of nitrogens with zero attached hydrogens (tertiary/aromatic N) is 2. The maximum absolute atomic E-state index is 12.2. The number of aromatic hydroxyl groups is 1. The number of amides is 1. The van der Waals surface area contributed by atoms with Crippen molar-refractivity contribution < 1.29 is 19.8 Å². The van der Waals surface area contributed by atoms with Gasteiger partial charge in [0.15, 0.2) is 5.82 Å². The van der Waals surface area contributed by atoms with Crippen LogP contribution >= 0.6 is 11.3 Å². The Morgan fingerprint density at radius 3 is 2.55 bits per heavy atom. The third-order valence-electron chi connectivity index (χ3n) is 4.57. The van der Waals surface area contributed by atoms with Gasteiger partial charge in [0.05, 0.1) is 10.2 Å². The second-order valence-electron chi connectivity index (χ2n) is 6.83. The molecule has 2 heterocycles. The lowest BCUT2D eigenvalue weighted by Gasteiger charge is -2.09. The molecule has 8 nitrogen and oxygen atoms in total. The maximum Gasteiger partial charge on any atom is 0.325 e. The summed E-state index contributed by atoms with van der Waals surface area (Å²) >= 11 is 1.50. The van der Waals surface area contributed by atoms with E-state index < -0.39 is 17.9 Å². The number of hydrogen-bond donors (Lipinski definition) is 4. The lowest BCUT2D eigenvalue weighted by Crippen LogP contribution is -2.38. The van der Waals surface area contributed by atoms with E-state index >= 15 is 0 Å². The first-order chi connectivity index (χ1) is 14.9. The molecule has 2 aromatic heterocycles. The predicted octanol–water partition coefficient (Wildman–Crippen LogP) is 4.01. The molecule has 0 saturated carbocycles. The van der Waals surface area contributed by atoms with E-state index in [0.717, 1.165) is 20.7 Å². The average molecular weight is 434 g/mol. The quantitative estimate of drug-likeness (QED) is 0.361. The first-order valence-corrected chi connectivity index (χ1v) is 10.2. The van der Waals surface area contributed by atoms with Crippen LogP contribution < -0.4 is 10.6 Å². The van der Waals surface area contributed by atoms with E-state index in [-0.39, 0.29) is 5.75 Å². The molecule has 31 heavy (non-hydrogen) atoms. The smallest absolute Gasteiger partial charge is 0.325 e. The number of phenolic OH excluding ortho intramolecular Hbond substituents is 1. The van der Waals surface area contributed by atoms with Gasteiger partial charge < -0.3 is 20.8 Å². The summed E-state index contributed by atoms with van der Waals surface area (Å²) in [5.74, 6) is -0.748. The molecule has 4 aromatic rings. The van der Waals surface area contributed by atoms with Crippen LogP contribution in [-0.2, 0) is 4.79 Å². The van der Waals surface area contributed by atoms with Gasteiger partial charge in [-0.1, -0.05) is 18.2 Å². The molecule has 0 saturated heterocycles. The Bertz CT molecular complexity index is 1270. The van der Waals surface area contributed by atoms with Crippen molar-refractivity contribution in [2.24, 2.45) is 0 Å². The summed E-state index contributed by atoms with van der Waals surface area (Å²) in [6, 6.07) is 14.7. The Hall–Kier alpha value is -3.98. The molecular weight excluding hydrogens is 416 g/mol. The van der Waals surface area contributed by atoms with Gasteiger partial charge in [-0.05, 0) is 42.8 Å². The highest BCUT2D eigenvalue weighted by molar-refractivity contribution is 7.22. The second-order valence-corrected chi connectivity index (χ2v) is 7.89. The summed E-state index contributed by atoms with van der Waals surface area (Å²) in [6.07, 6.45) is 1.47. The molecule has 156 valence electrons. The van der Waals surface area contributed by atoms with Gasteiger partial charge in [0.25, 0.3) is 5.91 Å². The Labute approximate surface area is 181 Å². The van der Waals surface area contributed by atoms with Crippen molar-refractivity contribution in [3.05, 3.63) is 66.5 Å². The number of carboxylic acids is 1. The van der Waals surface area contributed by atoms with Crippen LogP contribution in [0.25, 0.3) is 20.7 Å². The molecular formula is C22H18N4O4S. The monoisotopic (exact) mass is 434 g/mol. The van der Waals surface area contributed by atoms with Gasteiger partial charge in [0, 0.05) is 22.2 Å². The summed E-state index contributed by atoms with van der Waals surface area (Å²) in [7, 11) is 0. The number of phenols is 1. The van der Waals surface area contributed by atoms with Gasteiger partial charge in [-0.2, -0.15) is 0 Å². The highest BCUT2D eigenvalue weighted by Gasteiger charge is 2.16. The van der Waals surface area contributed by atoms with E-state index in [9.17, 15) is 14.7 Å². The van der Waals surface area contributed by atoms with Crippen molar-refractivity contribution in [3.63, 3.8) is 0 Å². The molecule has 0 aliphatic heterocycles. The van der Waals surface area contributed by atoms with Gasteiger partial charge in [-0.15, -0.1) is 11.3 Å². The number of anilines is 2. The van der Waals surface area contributed by atoms with Gasteiger partial charge >= 0.3 is 5.97 Å². The maximum atomic E-state index is 12.2. The number of thiophene rings is 1. The summed E-state index contributed by atoms with van der Waals surface area (Å²) in [5, 5.41) is 24.2. The minimum Gasteiger partial charge on any atom is -0.508 e. The fourth-order valence-corrected chi connectivity index (χ4v) is 3.99. The van der Waals surface area contributed by atoms with Crippen molar-refractivity contribution in [1.82, 2.24) is 15.3 Å². The van der Waals surface area contributed by atoms with E-state index in [0.29, 0.717) is 17.1 Å². The third kappa shape index (κ3) is 4.46. The average Bonchev–Trinajstić information content (AvgIpc) is 3.19. The summed E-state index contributed by atoms with van der Waals surface area (Å²) in [5.41, 5.74) is 2.76. The Morgan fingerprint density at radius 1 is 1.06 bits per heavy atom. The zero-order valence-electron chi connectivity index (χ0n) is 16.4. The highest BCUT2D eigenvalue weighted by Crippen LogP contribution is 2.36. The first-order valence-electron chi connectivity index (χ1n) is 9.35. The number of benzene rings is 2. The van der Waals surface area contributed by atoms with Crippen molar-refractivity contribution in [2.75, 3.05) is 5.32 Å². The van der Waals surface area contributed by atoms with E-state index in [1.54, 1.807) is 42.5 Å². The number of carbonyl (C=O) groups is 2. The number of carbonyl (C=O) groups excluding carboxylic acids is 1. The number of fused-ring (bicyclic) bond motifs is 1. The van der Waals surface area contributed by atoms with E-state index in [2.05, 4.69) is 20.6 Å². The molecule has 1 amide bonds. The lowest BCUT2D eigenvalue weighted by atomic mass is 10.1. The standard InChI is InChI=1S/C22H18N4O4S/c1-12(22(29)30)25-21(28)14-7-5-13(6-8-14)18-10-17-19(31-18)20(24-11-23-17)26-15-3-2-4-16(27)9-15/h2-12,27H,1H3,(H,25,28)(H,29,30)(H,23,24,26). The third-order valence-corrected chi connectivity index (χ3v) is 5.75. The molecule has 0 bridgehead atoms. The largest absolute Gasteiger partial charge is 0.508 e. The molecule has 9 heteroatoms. The number of aromatic nitrogens is 2. The predicted molar refractivity (Wildman–Crippen MR) is 119 cm³/mol. The number of rotatable bonds is 6. The van der Waals surface area contributed by atoms with Gasteiger partial charge in [0.1, 0.15) is 18.1 Å². The molecule has 4 rings (SSSR count). The zero-order chi connectivity index (χ0) is 22.0. The van der Waals surface area contributed by atoms with Crippen LogP contribution in [-0.4, -0.2) is 38.1 Å². The van der Waals surface area contributed by atoms with Crippen LogP contribution in [0.4, 0.5) is 11.5 Å². The van der Waals surface area contributed by atoms with Gasteiger partial charge in [-0.3, -0.25) is 9.59 Å². The fourth-order valence-electron chi connectivity index (χ4n) is 2.93. The normalized spacial score (nSPS) is 11.8. The minimum absolute atomic E-state index is 0.157. The van der Waals surface area contributed by atoms with Crippen LogP contribution in [0.5, 0.6) is 5.75 Å². The topological polar surface area (TPSA) is 124 Å². The van der Waals surface area contributed by atoms with Crippen molar-refractivity contribution in [1.29, 1.82) is 0 Å². The number of hydrogen-bond acceptors (Lipinski definition) is 7. The summed E-state index contributed by atoms with van der Waals surface area (Å²) in [6.45, 7) is 1.41. The lowest BCUT2D eigenvalue weighted by molar-refractivity contribution is -0.138.